The largest absolute Gasteiger partial charge is 0.330 e. The minimum absolute atomic E-state index is 0.189. The summed E-state index contributed by atoms with van der Waals surface area (Å²) in [5, 5.41) is 0.887. The number of hydrogen-bond donors (Lipinski definition) is 1. The van der Waals surface area contributed by atoms with Gasteiger partial charge in [0.2, 0.25) is 0 Å². The van der Waals surface area contributed by atoms with Gasteiger partial charge in [-0.3, -0.25) is 0 Å². The summed E-state index contributed by atoms with van der Waals surface area (Å²) in [5.74, 6) is 0. The van der Waals surface area contributed by atoms with Gasteiger partial charge >= 0.3 is 0 Å². The van der Waals surface area contributed by atoms with Crippen LogP contribution in [0.25, 0.3) is 0 Å². The van der Waals surface area contributed by atoms with Crippen LogP contribution in [0.15, 0.2) is 24.3 Å². The predicted octanol–water partition coefficient (Wildman–Crippen LogP) is 3.11. The van der Waals surface area contributed by atoms with Crippen molar-refractivity contribution >= 4 is 11.6 Å². The molecule has 2 aliphatic carbocycles. The van der Waals surface area contributed by atoms with Crippen LogP contribution in [-0.4, -0.2) is 6.54 Å². The molecule has 80 valence electrons. The molecule has 0 unspecified atom stereocenters. The Morgan fingerprint density at radius 3 is 2.40 bits per heavy atom. The second kappa shape index (κ2) is 2.99. The lowest BCUT2D eigenvalue weighted by atomic mass is 9.56. The molecule has 2 N–H and O–H groups in total. The first-order valence-corrected chi connectivity index (χ1v) is 6.03. The maximum Gasteiger partial charge on any atom is 0.0444 e. The summed E-state index contributed by atoms with van der Waals surface area (Å²) in [4.78, 5) is 0. The summed E-state index contributed by atoms with van der Waals surface area (Å²) in [7, 11) is 0. The lowest BCUT2D eigenvalue weighted by Crippen LogP contribution is -2.48. The van der Waals surface area contributed by atoms with Crippen molar-refractivity contribution < 1.29 is 0 Å². The molecule has 1 aromatic rings. The summed E-state index contributed by atoms with van der Waals surface area (Å²) < 4.78 is 0. The Morgan fingerprint density at radius 2 is 1.87 bits per heavy atom. The molecule has 2 heteroatoms. The Labute approximate surface area is 95.6 Å². The molecular weight excluding hydrogens is 206 g/mol. The maximum absolute atomic E-state index is 6.26. The quantitative estimate of drug-likeness (QED) is 0.816. The maximum atomic E-state index is 6.26. The topological polar surface area (TPSA) is 26.0 Å². The van der Waals surface area contributed by atoms with Crippen molar-refractivity contribution in [3.63, 3.8) is 0 Å². The molecule has 3 rings (SSSR count). The van der Waals surface area contributed by atoms with E-state index in [9.17, 15) is 0 Å². The second-order valence-electron chi connectivity index (χ2n) is 5.32. The number of benzene rings is 1. The average molecular weight is 222 g/mol. The first-order valence-electron chi connectivity index (χ1n) is 5.65. The van der Waals surface area contributed by atoms with Crippen LogP contribution in [0.3, 0.4) is 0 Å². The van der Waals surface area contributed by atoms with E-state index in [2.05, 4.69) is 12.1 Å². The van der Waals surface area contributed by atoms with E-state index >= 15 is 0 Å². The average Bonchev–Trinajstić information content (AvgIpc) is 2.96. The van der Waals surface area contributed by atoms with Crippen LogP contribution in [0.5, 0.6) is 0 Å². The van der Waals surface area contributed by atoms with Crippen molar-refractivity contribution in [1.82, 2.24) is 0 Å². The third kappa shape index (κ3) is 1.33. The van der Waals surface area contributed by atoms with Gasteiger partial charge in [-0.25, -0.2) is 0 Å². The van der Waals surface area contributed by atoms with Gasteiger partial charge in [0.05, 0.1) is 0 Å². The van der Waals surface area contributed by atoms with Crippen molar-refractivity contribution in [2.45, 2.75) is 31.1 Å². The van der Waals surface area contributed by atoms with Crippen LogP contribution in [0, 0.1) is 5.41 Å². The Bertz CT molecular complexity index is 387. The van der Waals surface area contributed by atoms with E-state index in [0.29, 0.717) is 5.41 Å². The normalized spacial score (nSPS) is 24.9. The molecule has 0 atom stereocenters. The lowest BCUT2D eigenvalue weighted by molar-refractivity contribution is 0.126. The van der Waals surface area contributed by atoms with E-state index in [1.54, 1.807) is 0 Å². The molecule has 0 radical (unpaired) electrons. The smallest absolute Gasteiger partial charge is 0.0444 e. The molecule has 0 aliphatic heterocycles. The molecule has 2 fully saturated rings. The van der Waals surface area contributed by atoms with E-state index in [-0.39, 0.29) is 5.41 Å². The van der Waals surface area contributed by atoms with Crippen LogP contribution in [-0.2, 0) is 5.41 Å². The predicted molar refractivity (Wildman–Crippen MR) is 63.1 cm³/mol. The monoisotopic (exact) mass is 221 g/mol. The molecule has 0 bridgehead atoms. The fraction of sp³-hybridized carbons (Fsp3) is 0.538. The molecule has 0 amide bonds. The van der Waals surface area contributed by atoms with Crippen LogP contribution >= 0.6 is 11.6 Å². The summed E-state index contributed by atoms with van der Waals surface area (Å²) in [6.07, 6.45) is 5.30. The van der Waals surface area contributed by atoms with Crippen molar-refractivity contribution in [2.24, 2.45) is 11.1 Å². The minimum Gasteiger partial charge on any atom is -0.330 e. The van der Waals surface area contributed by atoms with Crippen LogP contribution < -0.4 is 5.73 Å². The molecule has 15 heavy (non-hydrogen) atoms. The fourth-order valence-electron chi connectivity index (χ4n) is 3.25. The highest BCUT2D eigenvalue weighted by molar-refractivity contribution is 6.31. The third-order valence-electron chi connectivity index (χ3n) is 4.22. The highest BCUT2D eigenvalue weighted by Crippen LogP contribution is 2.69. The fourth-order valence-corrected chi connectivity index (χ4v) is 3.59. The van der Waals surface area contributed by atoms with Gasteiger partial charge in [-0.1, -0.05) is 29.8 Å². The zero-order chi connectivity index (χ0) is 10.5. The SMILES string of the molecule is NCC1(c2ccccc2Cl)CC2(CC2)C1. The summed E-state index contributed by atoms with van der Waals surface area (Å²) in [5.41, 5.74) is 8.08. The van der Waals surface area contributed by atoms with E-state index in [4.69, 9.17) is 17.3 Å². The van der Waals surface area contributed by atoms with Gasteiger partial charge in [-0.05, 0) is 42.7 Å². The Morgan fingerprint density at radius 1 is 1.20 bits per heavy atom. The first kappa shape index (κ1) is 9.68. The first-order chi connectivity index (χ1) is 7.20. The molecule has 0 aromatic heterocycles. The Balaban J connectivity index is 1.94. The van der Waals surface area contributed by atoms with Gasteiger partial charge in [-0.15, -0.1) is 0 Å². The Hall–Kier alpha value is -0.530. The molecule has 2 aliphatic rings. The summed E-state index contributed by atoms with van der Waals surface area (Å²) in [6, 6.07) is 8.18. The van der Waals surface area contributed by atoms with Gasteiger partial charge in [0.25, 0.3) is 0 Å². The highest BCUT2D eigenvalue weighted by Gasteiger charge is 2.60. The lowest BCUT2D eigenvalue weighted by Gasteiger charge is -2.49. The molecule has 0 heterocycles. The van der Waals surface area contributed by atoms with Crippen molar-refractivity contribution in [1.29, 1.82) is 0 Å². The van der Waals surface area contributed by atoms with Crippen molar-refractivity contribution in [3.05, 3.63) is 34.9 Å². The van der Waals surface area contributed by atoms with Crippen molar-refractivity contribution in [3.8, 4) is 0 Å². The van der Waals surface area contributed by atoms with E-state index in [1.165, 1.54) is 31.2 Å². The standard InChI is InChI=1S/C13H16ClN/c14-11-4-2-1-3-10(11)13(9-15)7-12(8-13)5-6-12/h1-4H,5-9,15H2. The summed E-state index contributed by atoms with van der Waals surface area (Å²) >= 11 is 6.26. The van der Waals surface area contributed by atoms with E-state index < -0.39 is 0 Å². The molecule has 0 saturated heterocycles. The van der Waals surface area contributed by atoms with Crippen molar-refractivity contribution in [2.75, 3.05) is 6.54 Å². The third-order valence-corrected chi connectivity index (χ3v) is 4.55. The highest BCUT2D eigenvalue weighted by atomic mass is 35.5. The number of hydrogen-bond acceptors (Lipinski definition) is 1. The number of rotatable bonds is 2. The Kier molecular flexibility index (Phi) is 1.93. The van der Waals surface area contributed by atoms with E-state index in [1.807, 2.05) is 12.1 Å². The van der Waals surface area contributed by atoms with Gasteiger partial charge in [-0.2, -0.15) is 0 Å². The molecule has 1 nitrogen and oxygen atoms in total. The zero-order valence-electron chi connectivity index (χ0n) is 8.80. The van der Waals surface area contributed by atoms with E-state index in [0.717, 1.165) is 11.6 Å². The van der Waals surface area contributed by atoms with Crippen LogP contribution in [0.4, 0.5) is 0 Å². The summed E-state index contributed by atoms with van der Waals surface area (Å²) in [6.45, 7) is 0.735. The number of nitrogens with two attached hydrogens (primary N) is 1. The van der Waals surface area contributed by atoms with Crippen LogP contribution in [0.1, 0.15) is 31.2 Å². The van der Waals surface area contributed by atoms with Gasteiger partial charge < -0.3 is 5.73 Å². The van der Waals surface area contributed by atoms with Crippen LogP contribution in [0.2, 0.25) is 5.02 Å². The van der Waals surface area contributed by atoms with Gasteiger partial charge in [0.1, 0.15) is 0 Å². The molecular formula is C13H16ClN. The number of halogens is 1. The van der Waals surface area contributed by atoms with Gasteiger partial charge in [0.15, 0.2) is 0 Å². The minimum atomic E-state index is 0.189. The molecule has 1 aromatic carbocycles. The zero-order valence-corrected chi connectivity index (χ0v) is 9.56. The second-order valence-corrected chi connectivity index (χ2v) is 5.73. The molecule has 2 saturated carbocycles. The van der Waals surface area contributed by atoms with Gasteiger partial charge in [0, 0.05) is 17.0 Å². The molecule has 1 spiro atoms.